The van der Waals surface area contributed by atoms with Gasteiger partial charge in [0.25, 0.3) is 0 Å². The van der Waals surface area contributed by atoms with Crippen molar-refractivity contribution in [2.24, 2.45) is 4.99 Å². The fraction of sp³-hybridized carbons (Fsp3) is 0.333. The largest absolute Gasteiger partial charge is 0.469 e. The van der Waals surface area contributed by atoms with Crippen molar-refractivity contribution in [1.82, 2.24) is 0 Å². The van der Waals surface area contributed by atoms with Crippen LogP contribution in [0.5, 0.6) is 0 Å². The monoisotopic (exact) mass is 167 g/mol. The van der Waals surface area contributed by atoms with Gasteiger partial charge in [-0.3, -0.25) is 9.79 Å². The van der Waals surface area contributed by atoms with Gasteiger partial charge in [-0.15, -0.1) is 0 Å². The van der Waals surface area contributed by atoms with Crippen LogP contribution in [-0.4, -0.2) is 19.3 Å². The molecule has 0 aliphatic carbocycles. The van der Waals surface area contributed by atoms with Gasteiger partial charge in [0.2, 0.25) is 0 Å². The number of esters is 1. The van der Waals surface area contributed by atoms with Crippen LogP contribution in [0.1, 0.15) is 13.3 Å². The first-order valence-electron chi connectivity index (χ1n) is 3.50. The Balaban J connectivity index is 3.90. The van der Waals surface area contributed by atoms with Crippen LogP contribution in [-0.2, 0) is 9.53 Å². The van der Waals surface area contributed by atoms with E-state index in [9.17, 15) is 4.79 Å². The van der Waals surface area contributed by atoms with E-state index in [4.69, 9.17) is 0 Å². The number of hydrogen-bond donors (Lipinski definition) is 0. The van der Waals surface area contributed by atoms with Crippen LogP contribution in [0, 0.1) is 0 Å². The Labute approximate surface area is 72.4 Å². The maximum absolute atomic E-state index is 10.7. The van der Waals surface area contributed by atoms with Crippen molar-refractivity contribution < 1.29 is 9.53 Å². The van der Waals surface area contributed by atoms with Crippen molar-refractivity contribution in [3.8, 4) is 0 Å². The molecular formula is C9H13NO2. The molecule has 0 spiro atoms. The van der Waals surface area contributed by atoms with E-state index in [0.717, 1.165) is 0 Å². The fourth-order valence-electron chi connectivity index (χ4n) is 0.505. The lowest BCUT2D eigenvalue weighted by molar-refractivity contribution is -0.139. The molecule has 0 rings (SSSR count). The number of carbonyl (C=O) groups excluding carboxylic acids is 1. The van der Waals surface area contributed by atoms with Crippen LogP contribution < -0.4 is 0 Å². The third kappa shape index (κ3) is 5.41. The number of ether oxygens (including phenoxy) is 1. The second-order valence-electron chi connectivity index (χ2n) is 2.40. The van der Waals surface area contributed by atoms with E-state index in [1.165, 1.54) is 13.3 Å². The summed E-state index contributed by atoms with van der Waals surface area (Å²) >= 11 is 0. The van der Waals surface area contributed by atoms with Crippen molar-refractivity contribution in [3.63, 3.8) is 0 Å². The molecule has 0 aliphatic heterocycles. The van der Waals surface area contributed by atoms with Gasteiger partial charge in [0.15, 0.2) is 0 Å². The normalized spacial score (nSPS) is 9.83. The van der Waals surface area contributed by atoms with Gasteiger partial charge in [-0.05, 0) is 12.5 Å². The molecule has 0 heterocycles. The third-order valence-electron chi connectivity index (χ3n) is 1.07. The maximum Gasteiger partial charge on any atom is 0.310 e. The first-order chi connectivity index (χ1) is 5.56. The Kier molecular flexibility index (Phi) is 4.69. The highest BCUT2D eigenvalue weighted by molar-refractivity contribution is 5.86. The van der Waals surface area contributed by atoms with Crippen LogP contribution in [0.2, 0.25) is 0 Å². The van der Waals surface area contributed by atoms with E-state index in [2.05, 4.69) is 22.9 Å². The molecule has 0 atom stereocenters. The summed E-state index contributed by atoms with van der Waals surface area (Å²) in [5, 5.41) is 0. The van der Waals surface area contributed by atoms with E-state index in [1.807, 2.05) is 0 Å². The third-order valence-corrected chi connectivity index (χ3v) is 1.07. The molecule has 0 amide bonds. The maximum atomic E-state index is 10.7. The van der Waals surface area contributed by atoms with Crippen molar-refractivity contribution in [3.05, 3.63) is 24.4 Å². The summed E-state index contributed by atoms with van der Waals surface area (Å²) in [7, 11) is 1.34. The standard InChI is InChI=1S/C9H13NO2/c1-7(2)10-6-8(3)5-9(11)12-4/h6H,1,3,5H2,2,4H3/b10-6-. The Morgan fingerprint density at radius 1 is 1.58 bits per heavy atom. The van der Waals surface area contributed by atoms with Gasteiger partial charge in [-0.2, -0.15) is 0 Å². The highest BCUT2D eigenvalue weighted by atomic mass is 16.5. The van der Waals surface area contributed by atoms with Gasteiger partial charge in [-0.25, -0.2) is 0 Å². The Hall–Kier alpha value is -1.38. The van der Waals surface area contributed by atoms with Gasteiger partial charge in [0, 0.05) is 11.9 Å². The topological polar surface area (TPSA) is 38.7 Å². The Morgan fingerprint density at radius 2 is 2.17 bits per heavy atom. The molecule has 12 heavy (non-hydrogen) atoms. The quantitative estimate of drug-likeness (QED) is 0.472. The summed E-state index contributed by atoms with van der Waals surface area (Å²) in [5.74, 6) is -0.312. The second-order valence-corrected chi connectivity index (χ2v) is 2.40. The van der Waals surface area contributed by atoms with Crippen LogP contribution in [0.15, 0.2) is 29.4 Å². The minimum absolute atomic E-state index is 0.174. The summed E-state index contributed by atoms with van der Waals surface area (Å²) < 4.78 is 4.44. The van der Waals surface area contributed by atoms with Crippen LogP contribution in [0.4, 0.5) is 0 Å². The molecule has 0 saturated heterocycles. The molecule has 0 N–H and O–H groups in total. The van der Waals surface area contributed by atoms with E-state index >= 15 is 0 Å². The molecule has 3 nitrogen and oxygen atoms in total. The molecule has 0 aliphatic rings. The van der Waals surface area contributed by atoms with Crippen LogP contribution >= 0.6 is 0 Å². The molecule has 3 heteroatoms. The molecule has 0 fully saturated rings. The fourth-order valence-corrected chi connectivity index (χ4v) is 0.505. The predicted molar refractivity (Wildman–Crippen MR) is 49.1 cm³/mol. The number of hydrogen-bond acceptors (Lipinski definition) is 3. The number of aliphatic imine (C=N–C) groups is 1. The highest BCUT2D eigenvalue weighted by Gasteiger charge is 2.00. The number of carbonyl (C=O) groups is 1. The zero-order chi connectivity index (χ0) is 9.56. The smallest absolute Gasteiger partial charge is 0.310 e. The van der Waals surface area contributed by atoms with Gasteiger partial charge in [0.1, 0.15) is 0 Å². The van der Waals surface area contributed by atoms with Crippen molar-refractivity contribution >= 4 is 12.2 Å². The molecule has 0 saturated carbocycles. The minimum Gasteiger partial charge on any atom is -0.469 e. The second kappa shape index (κ2) is 5.29. The SMILES string of the molecule is C=C(/C=N\C(=C)C)CC(=O)OC. The Morgan fingerprint density at radius 3 is 2.58 bits per heavy atom. The molecule has 0 aromatic carbocycles. The molecular weight excluding hydrogens is 154 g/mol. The minimum atomic E-state index is -0.312. The molecule has 0 aromatic heterocycles. The van der Waals surface area contributed by atoms with E-state index in [1.54, 1.807) is 6.92 Å². The molecule has 66 valence electrons. The van der Waals surface area contributed by atoms with E-state index in [0.29, 0.717) is 11.3 Å². The number of nitrogens with zero attached hydrogens (tertiary/aromatic N) is 1. The first-order valence-corrected chi connectivity index (χ1v) is 3.50. The van der Waals surface area contributed by atoms with Gasteiger partial charge < -0.3 is 4.74 Å². The zero-order valence-electron chi connectivity index (χ0n) is 7.46. The summed E-state index contributed by atoms with van der Waals surface area (Å²) in [4.78, 5) is 14.6. The van der Waals surface area contributed by atoms with E-state index in [-0.39, 0.29) is 12.4 Å². The highest BCUT2D eigenvalue weighted by Crippen LogP contribution is 1.97. The lowest BCUT2D eigenvalue weighted by atomic mass is 10.2. The van der Waals surface area contributed by atoms with Crippen molar-refractivity contribution in [2.45, 2.75) is 13.3 Å². The van der Waals surface area contributed by atoms with Gasteiger partial charge in [-0.1, -0.05) is 13.2 Å². The van der Waals surface area contributed by atoms with Crippen LogP contribution in [0.25, 0.3) is 0 Å². The van der Waals surface area contributed by atoms with Gasteiger partial charge >= 0.3 is 5.97 Å². The molecule has 0 radical (unpaired) electrons. The zero-order valence-corrected chi connectivity index (χ0v) is 7.46. The number of rotatable bonds is 4. The number of allylic oxidation sites excluding steroid dienone is 1. The first kappa shape index (κ1) is 10.6. The van der Waals surface area contributed by atoms with Crippen molar-refractivity contribution in [1.29, 1.82) is 0 Å². The number of methoxy groups -OCH3 is 1. The molecule has 0 unspecified atom stereocenters. The average Bonchev–Trinajstić information content (AvgIpc) is 2.00. The van der Waals surface area contributed by atoms with Crippen molar-refractivity contribution in [2.75, 3.05) is 7.11 Å². The van der Waals surface area contributed by atoms with Gasteiger partial charge in [0.05, 0.1) is 13.5 Å². The lowest BCUT2D eigenvalue weighted by Gasteiger charge is -1.96. The van der Waals surface area contributed by atoms with Crippen LogP contribution in [0.3, 0.4) is 0 Å². The summed E-state index contributed by atoms with van der Waals surface area (Å²) in [6.45, 7) is 8.96. The Bertz CT molecular complexity index is 229. The summed E-state index contributed by atoms with van der Waals surface area (Å²) in [5.41, 5.74) is 1.30. The van der Waals surface area contributed by atoms with E-state index < -0.39 is 0 Å². The summed E-state index contributed by atoms with van der Waals surface area (Å²) in [6.07, 6.45) is 1.69. The predicted octanol–water partition coefficient (Wildman–Crippen LogP) is 1.71. The lowest BCUT2D eigenvalue weighted by Crippen LogP contribution is -2.01. The summed E-state index contributed by atoms with van der Waals surface area (Å²) in [6, 6.07) is 0. The molecule has 0 aromatic rings. The molecule has 0 bridgehead atoms. The average molecular weight is 167 g/mol.